The fourth-order valence-corrected chi connectivity index (χ4v) is 5.60. The second kappa shape index (κ2) is 11.6. The van der Waals surface area contributed by atoms with Crippen LogP contribution in [0.5, 0.6) is 23.0 Å². The van der Waals surface area contributed by atoms with Gasteiger partial charge in [0.05, 0.1) is 32.9 Å². The Morgan fingerprint density at radius 2 is 1.65 bits per heavy atom. The zero-order valence-corrected chi connectivity index (χ0v) is 23.7. The molecule has 0 aliphatic carbocycles. The number of cyclic esters (lactones) is 1. The Bertz CT molecular complexity index is 1600. The van der Waals surface area contributed by atoms with E-state index in [1.54, 1.807) is 36.4 Å². The summed E-state index contributed by atoms with van der Waals surface area (Å²) in [5.74, 6) is -0.717. The molecule has 3 heterocycles. The fourth-order valence-electron chi connectivity index (χ4n) is 5.60. The molecule has 3 aliphatic heterocycles. The van der Waals surface area contributed by atoms with Gasteiger partial charge in [-0.2, -0.15) is 0 Å². The monoisotopic (exact) mass is 587 g/mol. The number of amides is 2. The summed E-state index contributed by atoms with van der Waals surface area (Å²) in [4.78, 5) is 42.1. The van der Waals surface area contributed by atoms with Gasteiger partial charge in [-0.05, 0) is 47.9 Å². The molecule has 0 N–H and O–H groups in total. The standard InChI is InChI=1S/C32H29NO10/c1-37-22-11-9-19(14-24(22)38-2)28-26(30(34)33-21(16-40-32(33)36)13-18-7-5-4-6-8-18)27(31(35)39-3)29(43-28)20-10-12-23-25(15-20)42-17-41-23/h4-12,14-15,21,26,28H,13,16-17H2,1-3H3/t21-,26-,28+/m0/s1. The van der Waals surface area contributed by atoms with Gasteiger partial charge >= 0.3 is 12.1 Å². The summed E-state index contributed by atoms with van der Waals surface area (Å²) < 4.78 is 38.9. The summed E-state index contributed by atoms with van der Waals surface area (Å²) in [6, 6.07) is 19.0. The molecule has 0 radical (unpaired) electrons. The van der Waals surface area contributed by atoms with Crippen molar-refractivity contribution in [2.24, 2.45) is 5.92 Å². The van der Waals surface area contributed by atoms with Crippen LogP contribution in [0.3, 0.4) is 0 Å². The first-order chi connectivity index (χ1) is 20.9. The Morgan fingerprint density at radius 3 is 2.40 bits per heavy atom. The normalized spacial score (nSPS) is 20.5. The minimum Gasteiger partial charge on any atom is -0.493 e. The van der Waals surface area contributed by atoms with Crippen LogP contribution in [0.4, 0.5) is 4.79 Å². The number of hydrogen-bond acceptors (Lipinski definition) is 10. The summed E-state index contributed by atoms with van der Waals surface area (Å²) in [7, 11) is 4.22. The smallest absolute Gasteiger partial charge is 0.417 e. The van der Waals surface area contributed by atoms with Crippen molar-refractivity contribution in [3.8, 4) is 23.0 Å². The first-order valence-electron chi connectivity index (χ1n) is 13.6. The minimum absolute atomic E-state index is 0.0142. The van der Waals surface area contributed by atoms with Gasteiger partial charge in [0.25, 0.3) is 0 Å². The summed E-state index contributed by atoms with van der Waals surface area (Å²) in [5.41, 5.74) is 1.87. The van der Waals surface area contributed by atoms with E-state index in [1.165, 1.54) is 21.3 Å². The number of carbonyl (C=O) groups is 3. The van der Waals surface area contributed by atoms with Crippen LogP contribution in [-0.4, -0.2) is 63.6 Å². The van der Waals surface area contributed by atoms with Crippen LogP contribution < -0.4 is 18.9 Å². The highest BCUT2D eigenvalue weighted by Gasteiger charge is 2.52. The van der Waals surface area contributed by atoms with Crippen LogP contribution in [0.2, 0.25) is 0 Å². The molecule has 3 atom stereocenters. The third-order valence-electron chi connectivity index (χ3n) is 7.66. The molecule has 11 heteroatoms. The Labute approximate surface area is 247 Å². The van der Waals surface area contributed by atoms with Gasteiger partial charge in [-0.25, -0.2) is 14.5 Å². The number of carbonyl (C=O) groups excluding carboxylic acids is 3. The third-order valence-corrected chi connectivity index (χ3v) is 7.66. The van der Waals surface area contributed by atoms with E-state index in [4.69, 9.17) is 33.2 Å². The molecule has 0 saturated carbocycles. The molecular weight excluding hydrogens is 558 g/mol. The van der Waals surface area contributed by atoms with E-state index in [0.29, 0.717) is 40.5 Å². The van der Waals surface area contributed by atoms with Crippen molar-refractivity contribution in [3.05, 3.63) is 89.0 Å². The number of methoxy groups -OCH3 is 3. The van der Waals surface area contributed by atoms with Crippen molar-refractivity contribution in [2.45, 2.75) is 18.6 Å². The molecule has 0 bridgehead atoms. The average Bonchev–Trinajstić information content (AvgIpc) is 3.77. The van der Waals surface area contributed by atoms with Crippen LogP contribution in [-0.2, 0) is 30.2 Å². The van der Waals surface area contributed by atoms with Gasteiger partial charge in [0.1, 0.15) is 24.4 Å². The molecule has 0 unspecified atom stereocenters. The van der Waals surface area contributed by atoms with Crippen LogP contribution in [0.25, 0.3) is 5.76 Å². The molecule has 43 heavy (non-hydrogen) atoms. The molecule has 1 saturated heterocycles. The summed E-state index contributed by atoms with van der Waals surface area (Å²) >= 11 is 0. The lowest BCUT2D eigenvalue weighted by molar-refractivity contribution is -0.141. The molecule has 3 aromatic carbocycles. The first-order valence-corrected chi connectivity index (χ1v) is 13.6. The Hall–Kier alpha value is -5.19. The summed E-state index contributed by atoms with van der Waals surface area (Å²) in [5, 5.41) is 0. The summed E-state index contributed by atoms with van der Waals surface area (Å²) in [6.07, 6.45) is -1.45. The Morgan fingerprint density at radius 1 is 0.884 bits per heavy atom. The molecular formula is C32H29NO10. The van der Waals surface area contributed by atoms with E-state index in [9.17, 15) is 14.4 Å². The van der Waals surface area contributed by atoms with Crippen molar-refractivity contribution < 1.29 is 47.5 Å². The number of hydrogen-bond donors (Lipinski definition) is 0. The van der Waals surface area contributed by atoms with Gasteiger partial charge < -0.3 is 33.2 Å². The molecule has 3 aromatic rings. The molecule has 222 valence electrons. The lowest BCUT2D eigenvalue weighted by Crippen LogP contribution is -2.45. The zero-order valence-electron chi connectivity index (χ0n) is 23.7. The number of nitrogens with zero attached hydrogens (tertiary/aromatic N) is 1. The minimum atomic E-state index is -1.27. The number of fused-ring (bicyclic) bond motifs is 1. The number of esters is 1. The van der Waals surface area contributed by atoms with Crippen LogP contribution in [0.1, 0.15) is 22.8 Å². The largest absolute Gasteiger partial charge is 0.493 e. The topological polar surface area (TPSA) is 119 Å². The van der Waals surface area contributed by atoms with Crippen molar-refractivity contribution in [1.29, 1.82) is 0 Å². The Balaban J connectivity index is 1.47. The molecule has 11 nitrogen and oxygen atoms in total. The van der Waals surface area contributed by atoms with Gasteiger partial charge in [-0.3, -0.25) is 4.79 Å². The van der Waals surface area contributed by atoms with E-state index in [1.807, 2.05) is 30.3 Å². The van der Waals surface area contributed by atoms with Crippen molar-refractivity contribution in [2.75, 3.05) is 34.7 Å². The second-order valence-electron chi connectivity index (χ2n) is 10.1. The highest BCUT2D eigenvalue weighted by molar-refractivity contribution is 6.07. The van der Waals surface area contributed by atoms with Gasteiger partial charge in [0.15, 0.2) is 23.0 Å². The van der Waals surface area contributed by atoms with E-state index < -0.39 is 36.0 Å². The predicted molar refractivity (Wildman–Crippen MR) is 150 cm³/mol. The molecule has 1 fully saturated rings. The maximum Gasteiger partial charge on any atom is 0.417 e. The van der Waals surface area contributed by atoms with Crippen LogP contribution >= 0.6 is 0 Å². The molecule has 0 spiro atoms. The highest BCUT2D eigenvalue weighted by atomic mass is 16.7. The maximum absolute atomic E-state index is 14.5. The Kier molecular flexibility index (Phi) is 7.54. The van der Waals surface area contributed by atoms with E-state index in [2.05, 4.69) is 0 Å². The predicted octanol–water partition coefficient (Wildman–Crippen LogP) is 4.29. The number of imide groups is 1. The van der Waals surface area contributed by atoms with Crippen molar-refractivity contribution >= 4 is 23.7 Å². The fraction of sp³-hybridized carbons (Fsp3) is 0.281. The molecule has 0 aromatic heterocycles. The van der Waals surface area contributed by atoms with E-state index in [-0.39, 0.29) is 24.7 Å². The quantitative estimate of drug-likeness (QED) is 0.353. The van der Waals surface area contributed by atoms with Gasteiger partial charge in [-0.1, -0.05) is 36.4 Å². The first kappa shape index (κ1) is 28.0. The SMILES string of the molecule is COC(=O)C1=C(c2ccc3c(c2)OCO3)O[C@H](c2ccc(OC)c(OC)c2)[C@H]1C(=O)N1C(=O)OC[C@@H]1Cc1ccccc1. The summed E-state index contributed by atoms with van der Waals surface area (Å²) in [6.45, 7) is 0.0676. The zero-order chi connectivity index (χ0) is 30.1. The molecule has 3 aliphatic rings. The van der Waals surface area contributed by atoms with Crippen LogP contribution in [0, 0.1) is 5.92 Å². The average molecular weight is 588 g/mol. The second-order valence-corrected chi connectivity index (χ2v) is 10.1. The lowest BCUT2D eigenvalue weighted by atomic mass is 9.87. The lowest BCUT2D eigenvalue weighted by Gasteiger charge is -2.27. The molecule has 6 rings (SSSR count). The highest BCUT2D eigenvalue weighted by Crippen LogP contribution is 2.49. The number of ether oxygens (including phenoxy) is 7. The maximum atomic E-state index is 14.5. The van der Waals surface area contributed by atoms with Gasteiger partial charge in [-0.15, -0.1) is 0 Å². The van der Waals surface area contributed by atoms with E-state index >= 15 is 0 Å². The van der Waals surface area contributed by atoms with Crippen molar-refractivity contribution in [1.82, 2.24) is 4.90 Å². The van der Waals surface area contributed by atoms with Crippen LogP contribution in [0.15, 0.2) is 72.3 Å². The van der Waals surface area contributed by atoms with Gasteiger partial charge in [0, 0.05) is 5.56 Å². The van der Waals surface area contributed by atoms with E-state index in [0.717, 1.165) is 10.5 Å². The number of benzene rings is 3. The van der Waals surface area contributed by atoms with Crippen molar-refractivity contribution in [3.63, 3.8) is 0 Å². The number of rotatable bonds is 8. The third kappa shape index (κ3) is 5.07. The molecule has 2 amide bonds. The van der Waals surface area contributed by atoms with Gasteiger partial charge in [0.2, 0.25) is 12.7 Å².